The zero-order valence-corrected chi connectivity index (χ0v) is 25.8. The van der Waals surface area contributed by atoms with Crippen molar-refractivity contribution in [2.24, 2.45) is 11.7 Å². The monoisotopic (exact) mass is 685 g/mol. The van der Waals surface area contributed by atoms with Crippen molar-refractivity contribution in [1.82, 2.24) is 39.0 Å². The number of hydrogen-bond acceptors (Lipinski definition) is 18. The number of nitrogens with one attached hydrogen (secondary N) is 1. The molecule has 10 atom stereocenters. The molecular formula is C22H29N11O9P2S. The van der Waals surface area contributed by atoms with Crippen LogP contribution in [0.1, 0.15) is 18.9 Å². The van der Waals surface area contributed by atoms with E-state index in [-0.39, 0.29) is 42.7 Å². The first-order valence-electron chi connectivity index (χ1n) is 13.6. The van der Waals surface area contributed by atoms with Crippen molar-refractivity contribution in [2.45, 2.75) is 49.4 Å². The SMILES string of the molecule is NCCC1C2COP(S)OC3C(COP(O)OC1C(n1cnc4c(=O)[nH]c(N)nc41)O2)OC(n1cnc2c(N)ncnc21)C3O. The number of aliphatic hydroxyl groups is 1. The van der Waals surface area contributed by atoms with E-state index in [9.17, 15) is 14.8 Å². The van der Waals surface area contributed by atoms with Crippen molar-refractivity contribution < 1.29 is 37.6 Å². The Bertz CT molecular complexity index is 1750. The topological polar surface area (TPSA) is 281 Å². The molecular weight excluding hydrogens is 656 g/mol. The van der Waals surface area contributed by atoms with Crippen LogP contribution in [0.3, 0.4) is 0 Å². The Kier molecular flexibility index (Phi) is 8.61. The molecule has 3 fully saturated rings. The summed E-state index contributed by atoms with van der Waals surface area (Å²) in [6, 6.07) is 0. The summed E-state index contributed by atoms with van der Waals surface area (Å²) in [6.45, 7) is 0.0171. The van der Waals surface area contributed by atoms with Crippen LogP contribution in [-0.2, 0) is 27.6 Å². The van der Waals surface area contributed by atoms with E-state index in [4.69, 9.17) is 44.8 Å². The van der Waals surface area contributed by atoms with Crippen LogP contribution in [0.25, 0.3) is 22.3 Å². The van der Waals surface area contributed by atoms with Crippen molar-refractivity contribution in [3.8, 4) is 0 Å². The third kappa shape index (κ3) is 5.66. The molecule has 0 aliphatic carbocycles. The summed E-state index contributed by atoms with van der Waals surface area (Å²) in [5, 5.41) is 11.3. The van der Waals surface area contributed by atoms with Gasteiger partial charge in [0.05, 0.1) is 32.0 Å². The van der Waals surface area contributed by atoms with Gasteiger partial charge in [0.15, 0.2) is 35.1 Å². The maximum Gasteiger partial charge on any atom is 0.330 e. The number of aromatic amines is 1. The molecule has 0 saturated carbocycles. The van der Waals surface area contributed by atoms with E-state index in [0.717, 1.165) is 0 Å². The predicted molar refractivity (Wildman–Crippen MR) is 160 cm³/mol. The highest BCUT2D eigenvalue weighted by Crippen LogP contribution is 2.52. The first kappa shape index (κ1) is 31.0. The Labute approximate surface area is 260 Å². The molecule has 3 saturated heterocycles. The summed E-state index contributed by atoms with van der Waals surface area (Å²) in [6.07, 6.45) is -2.02. The van der Waals surface area contributed by atoms with Gasteiger partial charge in [-0.3, -0.25) is 18.9 Å². The van der Waals surface area contributed by atoms with Crippen LogP contribution in [0.2, 0.25) is 0 Å². The average molecular weight is 686 g/mol. The second-order valence-corrected chi connectivity index (χ2v) is 13.3. The van der Waals surface area contributed by atoms with Gasteiger partial charge in [0, 0.05) is 5.92 Å². The second-order valence-electron chi connectivity index (χ2n) is 10.4. The van der Waals surface area contributed by atoms with Crippen molar-refractivity contribution in [2.75, 3.05) is 31.2 Å². The van der Waals surface area contributed by atoms with Gasteiger partial charge in [-0.05, 0) is 13.0 Å². The fourth-order valence-electron chi connectivity index (χ4n) is 5.78. The highest BCUT2D eigenvalue weighted by Gasteiger charge is 2.51. The lowest BCUT2D eigenvalue weighted by Crippen LogP contribution is -2.35. The summed E-state index contributed by atoms with van der Waals surface area (Å²) in [4.78, 5) is 46.7. The van der Waals surface area contributed by atoms with E-state index in [2.05, 4.69) is 42.2 Å². The highest BCUT2D eigenvalue weighted by atomic mass is 32.7. The Morgan fingerprint density at radius 3 is 2.51 bits per heavy atom. The first-order valence-corrected chi connectivity index (χ1v) is 17.1. The van der Waals surface area contributed by atoms with Crippen LogP contribution in [0.15, 0.2) is 23.8 Å². The molecule has 2 bridgehead atoms. The number of aliphatic hydroxyl groups excluding tert-OH is 1. The minimum atomic E-state index is -2.54. The van der Waals surface area contributed by atoms with E-state index in [1.165, 1.54) is 28.1 Å². The number of thiol groups is 1. The van der Waals surface area contributed by atoms with Crippen LogP contribution >= 0.6 is 28.4 Å². The molecule has 0 amide bonds. The van der Waals surface area contributed by atoms with E-state index in [1.807, 2.05) is 0 Å². The Morgan fingerprint density at radius 1 is 0.978 bits per heavy atom. The van der Waals surface area contributed by atoms with Crippen molar-refractivity contribution >= 4 is 62.5 Å². The molecule has 45 heavy (non-hydrogen) atoms. The van der Waals surface area contributed by atoms with Gasteiger partial charge in [-0.25, -0.2) is 19.9 Å². The van der Waals surface area contributed by atoms with Crippen LogP contribution in [-0.4, -0.2) is 99.3 Å². The Balaban J connectivity index is 1.17. The Morgan fingerprint density at radius 2 is 1.71 bits per heavy atom. The maximum absolute atomic E-state index is 12.4. The van der Waals surface area contributed by atoms with E-state index in [1.54, 1.807) is 0 Å². The molecule has 0 aromatic carbocycles. The lowest BCUT2D eigenvalue weighted by Gasteiger charge is -2.26. The average Bonchev–Trinajstić information content (AvgIpc) is 3.77. The van der Waals surface area contributed by atoms with Gasteiger partial charge in [0.2, 0.25) is 13.5 Å². The summed E-state index contributed by atoms with van der Waals surface area (Å²) in [5.74, 6) is -0.340. The van der Waals surface area contributed by atoms with Crippen molar-refractivity contribution in [3.63, 3.8) is 0 Å². The quantitative estimate of drug-likeness (QED) is 0.105. The largest absolute Gasteiger partial charge is 0.386 e. The van der Waals surface area contributed by atoms with E-state index >= 15 is 0 Å². The van der Waals surface area contributed by atoms with Gasteiger partial charge in [0.1, 0.15) is 36.3 Å². The minimum Gasteiger partial charge on any atom is -0.386 e. The number of rotatable bonds is 4. The summed E-state index contributed by atoms with van der Waals surface area (Å²) in [7, 11) is -4.44. The predicted octanol–water partition coefficient (Wildman–Crippen LogP) is -0.562. The molecule has 0 radical (unpaired) electrons. The van der Waals surface area contributed by atoms with E-state index < -0.39 is 70.6 Å². The van der Waals surface area contributed by atoms with Gasteiger partial charge < -0.3 is 54.8 Å². The molecule has 3 aliphatic rings. The fourth-order valence-corrected chi connectivity index (χ4v) is 7.92. The van der Waals surface area contributed by atoms with Crippen LogP contribution < -0.4 is 22.8 Å². The first-order chi connectivity index (χ1) is 21.7. The molecule has 0 spiro atoms. The number of hydrogen-bond donors (Lipinski definition) is 7. The van der Waals surface area contributed by atoms with Gasteiger partial charge in [-0.15, -0.1) is 0 Å². The molecule has 7 heterocycles. The van der Waals surface area contributed by atoms with Gasteiger partial charge in [0.25, 0.3) is 5.56 Å². The van der Waals surface area contributed by atoms with Crippen LogP contribution in [0, 0.1) is 5.92 Å². The molecule has 20 nitrogen and oxygen atoms in total. The third-order valence-electron chi connectivity index (χ3n) is 7.81. The molecule has 4 aromatic rings. The number of ether oxygens (including phenoxy) is 2. The third-order valence-corrected chi connectivity index (χ3v) is 10.0. The lowest BCUT2D eigenvalue weighted by molar-refractivity contribution is -0.0576. The maximum atomic E-state index is 12.4. The van der Waals surface area contributed by atoms with Crippen molar-refractivity contribution in [1.29, 1.82) is 0 Å². The molecule has 10 unspecified atom stereocenters. The number of nitrogens with zero attached hydrogens (tertiary/aromatic N) is 7. The number of anilines is 2. The van der Waals surface area contributed by atoms with Crippen LogP contribution in [0.5, 0.6) is 0 Å². The number of H-pyrrole nitrogens is 1. The van der Waals surface area contributed by atoms with Crippen molar-refractivity contribution in [3.05, 3.63) is 29.3 Å². The molecule has 7 rings (SSSR count). The summed E-state index contributed by atoms with van der Waals surface area (Å²) < 4.78 is 39.4. The fraction of sp³-hybridized carbons (Fsp3) is 0.545. The smallest absolute Gasteiger partial charge is 0.330 e. The molecule has 23 heteroatoms. The normalized spacial score (nSPS) is 34.4. The van der Waals surface area contributed by atoms with Gasteiger partial charge in [-0.2, -0.15) is 4.98 Å². The number of nitrogens with two attached hydrogens (primary N) is 3. The highest BCUT2D eigenvalue weighted by molar-refractivity contribution is 8.41. The Hall–Kier alpha value is -2.65. The molecule has 4 aromatic heterocycles. The van der Waals surface area contributed by atoms with Crippen LogP contribution in [0.4, 0.5) is 11.8 Å². The lowest BCUT2D eigenvalue weighted by atomic mass is 9.94. The zero-order valence-electron chi connectivity index (χ0n) is 23.1. The standard InChI is InChI=1S/C22H29N11O9P2S/c23-2-1-8-9-3-38-44(45)42-15-10(40-20(13(15)34)32-6-28-11-16(24)26-5-27-17(11)32)4-37-43(36)41-14(8)21(39-9)33-7-29-12-18(33)30-22(25)31-19(12)35/h5-10,13-15,20-21,34,36,45H,1-4,23H2,(H2,24,26,27)(H3,25,30,31,35). The number of fused-ring (bicyclic) bond motifs is 5. The number of aromatic nitrogens is 8. The summed E-state index contributed by atoms with van der Waals surface area (Å²) >= 11 is 4.52. The van der Waals surface area contributed by atoms with E-state index in [0.29, 0.717) is 17.6 Å². The summed E-state index contributed by atoms with van der Waals surface area (Å²) in [5.41, 5.74) is 18.0. The zero-order chi connectivity index (χ0) is 31.4. The number of nitrogen functional groups attached to an aromatic ring is 2. The second kappa shape index (κ2) is 12.5. The molecule has 242 valence electrons. The van der Waals surface area contributed by atoms with Gasteiger partial charge in [-0.1, -0.05) is 12.2 Å². The number of imidazole rings is 2. The minimum absolute atomic E-state index is 0.0106. The molecule has 3 aliphatic heterocycles. The molecule has 9 N–H and O–H groups in total. The van der Waals surface area contributed by atoms with Gasteiger partial charge >= 0.3 is 8.60 Å².